The van der Waals surface area contributed by atoms with Gasteiger partial charge in [-0.1, -0.05) is 42.5 Å². The predicted molar refractivity (Wildman–Crippen MR) is 96.6 cm³/mol. The van der Waals surface area contributed by atoms with Gasteiger partial charge in [0.1, 0.15) is 0 Å². The molecule has 2 aromatic carbocycles. The van der Waals surface area contributed by atoms with Gasteiger partial charge < -0.3 is 15.4 Å². The highest BCUT2D eigenvalue weighted by Crippen LogP contribution is 2.17. The summed E-state index contributed by atoms with van der Waals surface area (Å²) in [7, 11) is 0. The molecule has 0 aliphatic rings. The fourth-order valence-electron chi connectivity index (χ4n) is 2.16. The van der Waals surface area contributed by atoms with Gasteiger partial charge in [-0.05, 0) is 43.8 Å². The van der Waals surface area contributed by atoms with Crippen molar-refractivity contribution in [3.8, 4) is 0 Å². The van der Waals surface area contributed by atoms with E-state index in [0.717, 1.165) is 5.56 Å². The minimum Gasteiger partial charge on any atom is -0.462 e. The average molecular weight is 328 g/mol. The molecule has 0 bridgehead atoms. The van der Waals surface area contributed by atoms with Crippen LogP contribution in [0.1, 0.15) is 35.8 Å². The third-order valence-electron chi connectivity index (χ3n) is 3.32. The minimum atomic E-state index is -0.366. The SMILES string of the molecule is CCOC(=O)c1ccccc1NC(=S)NC(C)c1ccccc1. The van der Waals surface area contributed by atoms with Gasteiger partial charge in [0.05, 0.1) is 23.9 Å². The van der Waals surface area contributed by atoms with Crippen LogP contribution in [0.2, 0.25) is 0 Å². The molecule has 5 heteroatoms. The van der Waals surface area contributed by atoms with E-state index in [9.17, 15) is 4.79 Å². The lowest BCUT2D eigenvalue weighted by atomic mass is 10.1. The Morgan fingerprint density at radius 3 is 2.48 bits per heavy atom. The van der Waals surface area contributed by atoms with E-state index in [1.807, 2.05) is 43.3 Å². The maximum Gasteiger partial charge on any atom is 0.340 e. The second-order valence-corrected chi connectivity index (χ2v) is 5.41. The third kappa shape index (κ3) is 4.79. The van der Waals surface area contributed by atoms with Gasteiger partial charge in [0, 0.05) is 0 Å². The zero-order valence-corrected chi connectivity index (χ0v) is 14.0. The summed E-state index contributed by atoms with van der Waals surface area (Å²) in [5, 5.41) is 6.74. The van der Waals surface area contributed by atoms with Crippen LogP contribution in [-0.4, -0.2) is 17.7 Å². The second kappa shape index (κ2) is 8.29. The minimum absolute atomic E-state index is 0.0611. The van der Waals surface area contributed by atoms with Gasteiger partial charge in [0.25, 0.3) is 0 Å². The van der Waals surface area contributed by atoms with Crippen molar-refractivity contribution in [2.24, 2.45) is 0 Å². The lowest BCUT2D eigenvalue weighted by Crippen LogP contribution is -2.31. The Labute approximate surface area is 141 Å². The van der Waals surface area contributed by atoms with E-state index < -0.39 is 0 Å². The van der Waals surface area contributed by atoms with Gasteiger partial charge in [0.2, 0.25) is 0 Å². The first-order valence-electron chi connectivity index (χ1n) is 7.50. The van der Waals surface area contributed by atoms with Gasteiger partial charge in [-0.3, -0.25) is 0 Å². The molecule has 0 aromatic heterocycles. The molecule has 2 N–H and O–H groups in total. The summed E-state index contributed by atoms with van der Waals surface area (Å²) in [6, 6.07) is 17.2. The Bertz CT molecular complexity index is 674. The molecule has 0 heterocycles. The van der Waals surface area contributed by atoms with Crippen molar-refractivity contribution in [1.29, 1.82) is 0 Å². The summed E-state index contributed by atoms with van der Waals surface area (Å²) in [6.07, 6.45) is 0. The van der Waals surface area contributed by atoms with E-state index in [2.05, 4.69) is 10.6 Å². The number of ether oxygens (including phenoxy) is 1. The van der Waals surface area contributed by atoms with Crippen molar-refractivity contribution in [2.45, 2.75) is 19.9 Å². The summed E-state index contributed by atoms with van der Waals surface area (Å²) in [6.45, 7) is 4.14. The van der Waals surface area contributed by atoms with E-state index in [4.69, 9.17) is 17.0 Å². The number of carbonyl (C=O) groups is 1. The number of hydrogen-bond acceptors (Lipinski definition) is 3. The molecule has 120 valence electrons. The monoisotopic (exact) mass is 328 g/mol. The largest absolute Gasteiger partial charge is 0.462 e. The van der Waals surface area contributed by atoms with Gasteiger partial charge >= 0.3 is 5.97 Å². The molecule has 2 rings (SSSR count). The van der Waals surface area contributed by atoms with Crippen LogP contribution in [0.15, 0.2) is 54.6 Å². The first-order valence-corrected chi connectivity index (χ1v) is 7.91. The van der Waals surface area contributed by atoms with Crippen LogP contribution >= 0.6 is 12.2 Å². The maximum absolute atomic E-state index is 12.0. The molecular weight excluding hydrogens is 308 g/mol. The van der Waals surface area contributed by atoms with Crippen LogP contribution in [0.3, 0.4) is 0 Å². The molecule has 1 atom stereocenters. The molecule has 0 spiro atoms. The number of para-hydroxylation sites is 1. The average Bonchev–Trinajstić information content (AvgIpc) is 2.56. The van der Waals surface area contributed by atoms with Gasteiger partial charge in [-0.25, -0.2) is 4.79 Å². The van der Waals surface area contributed by atoms with Gasteiger partial charge in [-0.15, -0.1) is 0 Å². The highest BCUT2D eigenvalue weighted by atomic mass is 32.1. The third-order valence-corrected chi connectivity index (χ3v) is 3.54. The van der Waals surface area contributed by atoms with Crippen molar-refractivity contribution in [3.05, 3.63) is 65.7 Å². The van der Waals surface area contributed by atoms with E-state index >= 15 is 0 Å². The summed E-state index contributed by atoms with van der Waals surface area (Å²) < 4.78 is 5.06. The summed E-state index contributed by atoms with van der Waals surface area (Å²) in [4.78, 5) is 12.0. The Morgan fingerprint density at radius 2 is 1.78 bits per heavy atom. The fourth-order valence-corrected chi connectivity index (χ4v) is 2.45. The number of nitrogens with one attached hydrogen (secondary N) is 2. The smallest absolute Gasteiger partial charge is 0.340 e. The Hall–Kier alpha value is -2.40. The Kier molecular flexibility index (Phi) is 6.11. The van der Waals surface area contributed by atoms with Crippen LogP contribution in [0, 0.1) is 0 Å². The van der Waals surface area contributed by atoms with E-state index in [0.29, 0.717) is 23.0 Å². The zero-order chi connectivity index (χ0) is 16.7. The Morgan fingerprint density at radius 1 is 1.13 bits per heavy atom. The molecular formula is C18H20N2O2S. The number of esters is 1. The van der Waals surface area contributed by atoms with E-state index in [1.165, 1.54) is 0 Å². The number of rotatable bonds is 5. The van der Waals surface area contributed by atoms with E-state index in [-0.39, 0.29) is 12.0 Å². The van der Waals surface area contributed by atoms with Crippen molar-refractivity contribution in [1.82, 2.24) is 5.32 Å². The van der Waals surface area contributed by atoms with Crippen LogP contribution < -0.4 is 10.6 Å². The number of hydrogen-bond donors (Lipinski definition) is 2. The summed E-state index contributed by atoms with van der Waals surface area (Å²) in [5.74, 6) is -0.366. The predicted octanol–water partition coefficient (Wildman–Crippen LogP) is 3.91. The topological polar surface area (TPSA) is 50.4 Å². The van der Waals surface area contributed by atoms with Crippen molar-refractivity contribution >= 4 is 29.0 Å². The van der Waals surface area contributed by atoms with Crippen LogP contribution in [0.25, 0.3) is 0 Å². The van der Waals surface area contributed by atoms with Crippen molar-refractivity contribution in [3.63, 3.8) is 0 Å². The number of benzene rings is 2. The maximum atomic E-state index is 12.0. The fraction of sp³-hybridized carbons (Fsp3) is 0.222. The standard InChI is InChI=1S/C18H20N2O2S/c1-3-22-17(21)15-11-7-8-12-16(15)20-18(23)19-13(2)14-9-5-4-6-10-14/h4-13H,3H2,1-2H3,(H2,19,20,23). The second-order valence-electron chi connectivity index (χ2n) is 5.00. The van der Waals surface area contributed by atoms with Gasteiger partial charge in [-0.2, -0.15) is 0 Å². The number of carbonyl (C=O) groups excluding carboxylic acids is 1. The lowest BCUT2D eigenvalue weighted by molar-refractivity contribution is 0.0527. The van der Waals surface area contributed by atoms with Crippen molar-refractivity contribution < 1.29 is 9.53 Å². The molecule has 0 aliphatic carbocycles. The van der Waals surface area contributed by atoms with Crippen LogP contribution in [0.4, 0.5) is 5.69 Å². The van der Waals surface area contributed by atoms with Crippen LogP contribution in [-0.2, 0) is 4.74 Å². The van der Waals surface area contributed by atoms with E-state index in [1.54, 1.807) is 25.1 Å². The van der Waals surface area contributed by atoms with Crippen molar-refractivity contribution in [2.75, 3.05) is 11.9 Å². The molecule has 0 saturated heterocycles. The quantitative estimate of drug-likeness (QED) is 0.644. The molecule has 2 aromatic rings. The molecule has 23 heavy (non-hydrogen) atoms. The molecule has 0 aliphatic heterocycles. The van der Waals surface area contributed by atoms with Gasteiger partial charge in [0.15, 0.2) is 5.11 Å². The molecule has 0 saturated carbocycles. The molecule has 1 unspecified atom stereocenters. The molecule has 0 fully saturated rings. The lowest BCUT2D eigenvalue weighted by Gasteiger charge is -2.18. The number of anilines is 1. The Balaban J connectivity index is 2.04. The normalized spacial score (nSPS) is 11.4. The zero-order valence-electron chi connectivity index (χ0n) is 13.2. The molecule has 4 nitrogen and oxygen atoms in total. The molecule has 0 radical (unpaired) electrons. The summed E-state index contributed by atoms with van der Waals surface area (Å²) in [5.41, 5.74) is 2.23. The highest BCUT2D eigenvalue weighted by Gasteiger charge is 2.13. The summed E-state index contributed by atoms with van der Waals surface area (Å²) >= 11 is 5.35. The van der Waals surface area contributed by atoms with Crippen LogP contribution in [0.5, 0.6) is 0 Å². The highest BCUT2D eigenvalue weighted by molar-refractivity contribution is 7.80. The molecule has 0 amide bonds. The number of thiocarbonyl (C=S) groups is 1. The first-order chi connectivity index (χ1) is 11.1. The first kappa shape index (κ1) is 17.0.